The van der Waals surface area contributed by atoms with Crippen molar-refractivity contribution in [3.05, 3.63) is 48.5 Å². The zero-order chi connectivity index (χ0) is 13.9. The first-order chi connectivity index (χ1) is 8.96. The van der Waals surface area contributed by atoms with Crippen LogP contribution in [-0.4, -0.2) is 28.2 Å². The number of carbonyl (C=O) groups is 1. The van der Waals surface area contributed by atoms with Gasteiger partial charge >= 0.3 is 6.18 Å². The van der Waals surface area contributed by atoms with Gasteiger partial charge in [-0.1, -0.05) is 0 Å². The van der Waals surface area contributed by atoms with Crippen LogP contribution in [0.1, 0.15) is 10.4 Å². The molecular formula is C12H10F3N3O. The lowest BCUT2D eigenvalue weighted by Gasteiger charge is -2.07. The molecule has 0 aromatic carbocycles. The molecule has 0 aliphatic carbocycles. The number of hydrogen-bond acceptors (Lipinski definition) is 2. The summed E-state index contributed by atoms with van der Waals surface area (Å²) in [5, 5.41) is 1.81. The molecule has 19 heavy (non-hydrogen) atoms. The number of amides is 1. The van der Waals surface area contributed by atoms with E-state index in [4.69, 9.17) is 0 Å². The van der Waals surface area contributed by atoms with E-state index < -0.39 is 18.6 Å². The van der Waals surface area contributed by atoms with Crippen LogP contribution in [0, 0.1) is 0 Å². The third-order valence-electron chi connectivity index (χ3n) is 2.35. The zero-order valence-electron chi connectivity index (χ0n) is 9.69. The van der Waals surface area contributed by atoms with E-state index in [0.29, 0.717) is 0 Å². The molecule has 0 spiro atoms. The number of carbonyl (C=O) groups excluding carboxylic acids is 1. The Labute approximate surface area is 106 Å². The second kappa shape index (κ2) is 5.13. The Bertz CT molecular complexity index is 563. The van der Waals surface area contributed by atoms with Crippen molar-refractivity contribution in [3.8, 4) is 5.69 Å². The Morgan fingerprint density at radius 1 is 1.37 bits per heavy atom. The van der Waals surface area contributed by atoms with Crippen molar-refractivity contribution in [2.45, 2.75) is 6.18 Å². The van der Waals surface area contributed by atoms with Gasteiger partial charge in [-0.2, -0.15) is 13.2 Å². The van der Waals surface area contributed by atoms with E-state index in [-0.39, 0.29) is 5.56 Å². The van der Waals surface area contributed by atoms with Crippen molar-refractivity contribution in [2.75, 3.05) is 6.54 Å². The summed E-state index contributed by atoms with van der Waals surface area (Å²) in [5.74, 6) is -0.764. The number of nitrogens with one attached hydrogen (secondary N) is 1. The molecule has 0 fully saturated rings. The topological polar surface area (TPSA) is 46.9 Å². The number of halogens is 3. The van der Waals surface area contributed by atoms with Crippen molar-refractivity contribution >= 4 is 5.91 Å². The molecule has 0 bridgehead atoms. The predicted octanol–water partition coefficient (Wildman–Crippen LogP) is 2.16. The molecule has 1 N–H and O–H groups in total. The summed E-state index contributed by atoms with van der Waals surface area (Å²) in [6.07, 6.45) is 1.80. The first-order valence-corrected chi connectivity index (χ1v) is 5.39. The van der Waals surface area contributed by atoms with Crippen molar-refractivity contribution in [1.82, 2.24) is 14.9 Å². The third-order valence-corrected chi connectivity index (χ3v) is 2.35. The molecule has 2 heterocycles. The van der Waals surface area contributed by atoms with Crippen LogP contribution in [0.2, 0.25) is 0 Å². The normalized spacial score (nSPS) is 11.3. The summed E-state index contributed by atoms with van der Waals surface area (Å²) < 4.78 is 37.5. The summed E-state index contributed by atoms with van der Waals surface area (Å²) in [4.78, 5) is 15.4. The highest BCUT2D eigenvalue weighted by molar-refractivity contribution is 5.94. The average Bonchev–Trinajstić information content (AvgIpc) is 2.86. The van der Waals surface area contributed by atoms with Crippen LogP contribution >= 0.6 is 0 Å². The van der Waals surface area contributed by atoms with E-state index in [1.165, 1.54) is 12.3 Å². The molecule has 0 atom stereocenters. The molecule has 0 aliphatic heterocycles. The van der Waals surface area contributed by atoms with Crippen LogP contribution < -0.4 is 5.32 Å². The Hall–Kier alpha value is -2.31. The third kappa shape index (κ3) is 3.57. The number of aromatic nitrogens is 2. The quantitative estimate of drug-likeness (QED) is 0.928. The fourth-order valence-corrected chi connectivity index (χ4v) is 1.48. The van der Waals surface area contributed by atoms with Gasteiger partial charge in [0.1, 0.15) is 6.54 Å². The van der Waals surface area contributed by atoms with Gasteiger partial charge in [-0.15, -0.1) is 0 Å². The highest BCUT2D eigenvalue weighted by Gasteiger charge is 2.28. The van der Waals surface area contributed by atoms with Gasteiger partial charge in [0.25, 0.3) is 5.91 Å². The van der Waals surface area contributed by atoms with Gasteiger partial charge in [-0.05, 0) is 18.2 Å². The predicted molar refractivity (Wildman–Crippen MR) is 62.0 cm³/mol. The molecule has 1 amide bonds. The Morgan fingerprint density at radius 2 is 2.16 bits per heavy atom. The van der Waals surface area contributed by atoms with Crippen molar-refractivity contribution in [2.24, 2.45) is 0 Å². The number of hydrogen-bond donors (Lipinski definition) is 1. The van der Waals surface area contributed by atoms with Gasteiger partial charge in [0, 0.05) is 18.6 Å². The van der Waals surface area contributed by atoms with E-state index in [1.54, 1.807) is 35.3 Å². The van der Waals surface area contributed by atoms with Gasteiger partial charge in [0.05, 0.1) is 17.4 Å². The SMILES string of the molecule is O=C(NCC(F)(F)F)c1ccn(-c2cccnc2)c1. The minimum atomic E-state index is -4.42. The van der Waals surface area contributed by atoms with Crippen LogP contribution in [0.25, 0.3) is 5.69 Å². The van der Waals surface area contributed by atoms with Crippen molar-refractivity contribution in [3.63, 3.8) is 0 Å². The van der Waals surface area contributed by atoms with Gasteiger partial charge in [0.15, 0.2) is 0 Å². The van der Waals surface area contributed by atoms with Crippen LogP contribution in [0.5, 0.6) is 0 Å². The molecule has 2 rings (SSSR count). The lowest BCUT2D eigenvalue weighted by molar-refractivity contribution is -0.123. The van der Waals surface area contributed by atoms with E-state index in [9.17, 15) is 18.0 Å². The second-order valence-electron chi connectivity index (χ2n) is 3.82. The average molecular weight is 269 g/mol. The Morgan fingerprint density at radius 3 is 2.79 bits per heavy atom. The van der Waals surface area contributed by atoms with E-state index in [0.717, 1.165) is 5.69 Å². The molecular weight excluding hydrogens is 259 g/mol. The largest absolute Gasteiger partial charge is 0.405 e. The molecule has 0 radical (unpaired) electrons. The fraction of sp³-hybridized carbons (Fsp3) is 0.167. The lowest BCUT2D eigenvalue weighted by Crippen LogP contribution is -2.33. The summed E-state index contributed by atoms with van der Waals surface area (Å²) in [6, 6.07) is 4.93. The molecule has 7 heteroatoms. The molecule has 2 aromatic heterocycles. The Kier molecular flexibility index (Phi) is 3.55. The highest BCUT2D eigenvalue weighted by atomic mass is 19.4. The van der Waals surface area contributed by atoms with Gasteiger partial charge < -0.3 is 9.88 Å². The number of pyridine rings is 1. The molecule has 2 aromatic rings. The summed E-state index contributed by atoms with van der Waals surface area (Å²) in [6.45, 7) is -1.34. The Balaban J connectivity index is 2.07. The van der Waals surface area contributed by atoms with Gasteiger partial charge in [-0.3, -0.25) is 9.78 Å². The lowest BCUT2D eigenvalue weighted by atomic mass is 10.3. The first-order valence-electron chi connectivity index (χ1n) is 5.39. The monoisotopic (exact) mass is 269 g/mol. The van der Waals surface area contributed by atoms with E-state index in [1.807, 2.05) is 5.32 Å². The molecule has 0 saturated heterocycles. The zero-order valence-corrected chi connectivity index (χ0v) is 9.69. The smallest absolute Gasteiger partial charge is 0.343 e. The maximum Gasteiger partial charge on any atom is 0.405 e. The minimum absolute atomic E-state index is 0.160. The number of rotatable bonds is 3. The van der Waals surface area contributed by atoms with Crippen molar-refractivity contribution < 1.29 is 18.0 Å². The van der Waals surface area contributed by atoms with E-state index >= 15 is 0 Å². The van der Waals surface area contributed by atoms with Gasteiger partial charge in [-0.25, -0.2) is 0 Å². The molecule has 0 unspecified atom stereocenters. The first kappa shape index (κ1) is 13.1. The molecule has 4 nitrogen and oxygen atoms in total. The minimum Gasteiger partial charge on any atom is -0.343 e. The summed E-state index contributed by atoms with van der Waals surface area (Å²) in [7, 11) is 0. The number of nitrogens with zero attached hydrogens (tertiary/aromatic N) is 2. The molecule has 0 saturated carbocycles. The van der Waals surface area contributed by atoms with Crippen LogP contribution in [-0.2, 0) is 0 Å². The fourth-order valence-electron chi connectivity index (χ4n) is 1.48. The molecule has 100 valence electrons. The highest BCUT2D eigenvalue weighted by Crippen LogP contribution is 2.13. The van der Waals surface area contributed by atoms with Crippen LogP contribution in [0.3, 0.4) is 0 Å². The van der Waals surface area contributed by atoms with E-state index in [2.05, 4.69) is 4.98 Å². The number of alkyl halides is 3. The van der Waals surface area contributed by atoms with Gasteiger partial charge in [0.2, 0.25) is 0 Å². The van der Waals surface area contributed by atoms with Crippen LogP contribution in [0.4, 0.5) is 13.2 Å². The summed E-state index contributed by atoms with van der Waals surface area (Å²) in [5.41, 5.74) is 0.880. The standard InChI is InChI=1S/C12H10F3N3O/c13-12(14,15)8-17-11(19)9-3-5-18(7-9)10-2-1-4-16-6-10/h1-7H,8H2,(H,17,19). The van der Waals surface area contributed by atoms with Crippen LogP contribution in [0.15, 0.2) is 43.0 Å². The summed E-state index contributed by atoms with van der Waals surface area (Å²) >= 11 is 0. The van der Waals surface area contributed by atoms with Crippen molar-refractivity contribution in [1.29, 1.82) is 0 Å². The molecule has 0 aliphatic rings. The maximum atomic E-state index is 12.0. The second-order valence-corrected chi connectivity index (χ2v) is 3.82. The maximum absolute atomic E-state index is 12.0.